The minimum absolute atomic E-state index is 0.236. The molecule has 1 nitrogen and oxygen atoms in total. The van der Waals surface area contributed by atoms with Crippen LogP contribution in [0.5, 0.6) is 0 Å². The van der Waals surface area contributed by atoms with Crippen molar-refractivity contribution in [2.45, 2.75) is 12.2 Å². The Balaban J connectivity index is 2.33. The molecule has 2 rings (SSSR count). The van der Waals surface area contributed by atoms with Gasteiger partial charge in [-0.15, -0.1) is 0 Å². The Morgan fingerprint density at radius 1 is 1.00 bits per heavy atom. The second-order valence-electron chi connectivity index (χ2n) is 4.50. The summed E-state index contributed by atoms with van der Waals surface area (Å²) in [5, 5.41) is 0.236. The van der Waals surface area contributed by atoms with Crippen molar-refractivity contribution in [3.63, 3.8) is 0 Å². The Kier molecular flexibility index (Phi) is 5.86. The van der Waals surface area contributed by atoms with E-state index in [2.05, 4.69) is 55.2 Å². The highest BCUT2D eigenvalue weighted by Crippen LogP contribution is 2.63. The minimum atomic E-state index is -1.83. The van der Waals surface area contributed by atoms with Gasteiger partial charge in [0.2, 0.25) is 0 Å². The third kappa shape index (κ3) is 4.46. The zero-order valence-electron chi connectivity index (χ0n) is 11.7. The number of hydrogen-bond acceptors (Lipinski definition) is 3. The summed E-state index contributed by atoms with van der Waals surface area (Å²) in [6, 6.07) is 21.0. The molecule has 1 unspecified atom stereocenters. The fraction of sp³-hybridized carbons (Fsp3) is 0.250. The average Bonchev–Trinajstić information content (AvgIpc) is 2.47. The number of benzene rings is 2. The van der Waals surface area contributed by atoms with E-state index >= 15 is 0 Å². The highest BCUT2D eigenvalue weighted by atomic mass is 32.9. The summed E-state index contributed by atoms with van der Waals surface area (Å²) < 4.78 is 5.79. The van der Waals surface area contributed by atoms with E-state index in [1.165, 1.54) is 11.1 Å². The van der Waals surface area contributed by atoms with Crippen LogP contribution in [0.2, 0.25) is 0 Å². The summed E-state index contributed by atoms with van der Waals surface area (Å²) in [5.74, 6) is 0. The molecule has 0 aliphatic carbocycles. The van der Waals surface area contributed by atoms with E-state index in [0.29, 0.717) is 6.61 Å². The topological polar surface area (TPSA) is 9.23 Å². The van der Waals surface area contributed by atoms with Crippen LogP contribution in [0.25, 0.3) is 0 Å². The molecule has 106 valence electrons. The minimum Gasteiger partial charge on any atom is -0.342 e. The molecule has 1 atom stereocenters. The zero-order valence-corrected chi connectivity index (χ0v) is 14.3. The first-order valence-corrected chi connectivity index (χ1v) is 11.3. The zero-order chi connectivity index (χ0) is 14.4. The SMILES string of the molecule is CCOP(C)(=S)SC(c1ccccc1)c1ccccc1. The van der Waals surface area contributed by atoms with Crippen LogP contribution in [0.1, 0.15) is 23.3 Å². The van der Waals surface area contributed by atoms with E-state index in [-0.39, 0.29) is 5.25 Å². The van der Waals surface area contributed by atoms with Gasteiger partial charge in [0.25, 0.3) is 0 Å². The molecule has 20 heavy (non-hydrogen) atoms. The predicted molar refractivity (Wildman–Crippen MR) is 94.2 cm³/mol. The maximum atomic E-state index is 5.79. The molecule has 0 radical (unpaired) electrons. The summed E-state index contributed by atoms with van der Waals surface area (Å²) in [7, 11) is 0. The molecule has 2 aromatic rings. The monoisotopic (exact) mass is 322 g/mol. The van der Waals surface area contributed by atoms with Crippen LogP contribution in [-0.2, 0) is 16.3 Å². The Morgan fingerprint density at radius 3 is 1.85 bits per heavy atom. The summed E-state index contributed by atoms with van der Waals surface area (Å²) in [4.78, 5) is 0. The molecule has 0 bridgehead atoms. The first kappa shape index (κ1) is 15.8. The van der Waals surface area contributed by atoms with Gasteiger partial charge in [0, 0.05) is 6.61 Å². The maximum absolute atomic E-state index is 5.79. The van der Waals surface area contributed by atoms with E-state index in [0.717, 1.165) is 0 Å². The lowest BCUT2D eigenvalue weighted by molar-refractivity contribution is 0.387. The van der Waals surface area contributed by atoms with E-state index in [1.54, 1.807) is 11.4 Å². The summed E-state index contributed by atoms with van der Waals surface area (Å²) in [6.07, 6.45) is 0. The van der Waals surface area contributed by atoms with Gasteiger partial charge in [-0.2, -0.15) is 0 Å². The fourth-order valence-corrected chi connectivity index (χ4v) is 6.97. The quantitative estimate of drug-likeness (QED) is 0.651. The van der Waals surface area contributed by atoms with Crippen LogP contribution in [0.4, 0.5) is 0 Å². The molecule has 0 saturated carbocycles. The standard InChI is InChI=1S/C16H19OPS2/c1-3-17-18(2,19)20-16(14-10-6-4-7-11-14)15-12-8-5-9-13-15/h4-13,16H,3H2,1-2H3. The van der Waals surface area contributed by atoms with Gasteiger partial charge in [0.05, 0.1) is 5.25 Å². The van der Waals surface area contributed by atoms with Gasteiger partial charge in [-0.25, -0.2) is 0 Å². The lowest BCUT2D eigenvalue weighted by atomic mass is 10.0. The van der Waals surface area contributed by atoms with Crippen molar-refractivity contribution in [2.24, 2.45) is 0 Å². The smallest absolute Gasteiger partial charge is 0.117 e. The van der Waals surface area contributed by atoms with Gasteiger partial charge in [0.15, 0.2) is 0 Å². The highest BCUT2D eigenvalue weighted by molar-refractivity contribution is 8.69. The molecule has 0 heterocycles. The third-order valence-corrected chi connectivity index (χ3v) is 7.92. The number of rotatable bonds is 6. The van der Waals surface area contributed by atoms with Crippen molar-refractivity contribution >= 4 is 28.7 Å². The summed E-state index contributed by atoms with van der Waals surface area (Å²) in [6.45, 7) is 4.75. The van der Waals surface area contributed by atoms with Crippen molar-refractivity contribution in [1.82, 2.24) is 0 Å². The Labute approximate surface area is 130 Å². The molecule has 0 fully saturated rings. The van der Waals surface area contributed by atoms with Crippen LogP contribution in [0.3, 0.4) is 0 Å². The molecule has 0 aliphatic heterocycles. The van der Waals surface area contributed by atoms with E-state index in [1.807, 2.05) is 19.1 Å². The number of hydrogen-bond donors (Lipinski definition) is 0. The van der Waals surface area contributed by atoms with Gasteiger partial charge < -0.3 is 4.52 Å². The molecule has 0 aliphatic rings. The molecular formula is C16H19OPS2. The second-order valence-corrected chi connectivity index (χ2v) is 12.5. The summed E-state index contributed by atoms with van der Waals surface area (Å²) in [5.41, 5.74) is 0.725. The Bertz CT molecular complexity index is 532. The van der Waals surface area contributed by atoms with E-state index in [4.69, 9.17) is 16.3 Å². The van der Waals surface area contributed by atoms with Crippen LogP contribution >= 0.6 is 16.8 Å². The molecule has 0 spiro atoms. The van der Waals surface area contributed by atoms with E-state index < -0.39 is 5.47 Å². The summed E-state index contributed by atoms with van der Waals surface area (Å²) >= 11 is 7.45. The largest absolute Gasteiger partial charge is 0.342 e. The first-order valence-electron chi connectivity index (χ1n) is 6.63. The van der Waals surface area contributed by atoms with Gasteiger partial charge in [-0.3, -0.25) is 0 Å². The Morgan fingerprint density at radius 2 is 1.45 bits per heavy atom. The first-order chi connectivity index (χ1) is 9.62. The van der Waals surface area contributed by atoms with Crippen molar-refractivity contribution in [2.75, 3.05) is 13.3 Å². The molecule has 0 saturated heterocycles. The maximum Gasteiger partial charge on any atom is 0.117 e. The van der Waals surface area contributed by atoms with Crippen molar-refractivity contribution < 1.29 is 4.52 Å². The van der Waals surface area contributed by atoms with Gasteiger partial charge >= 0.3 is 0 Å². The van der Waals surface area contributed by atoms with Gasteiger partial charge in [0.1, 0.15) is 5.47 Å². The molecule has 0 aromatic heterocycles. The fourth-order valence-electron chi connectivity index (χ4n) is 2.03. The van der Waals surface area contributed by atoms with Gasteiger partial charge in [-0.05, 0) is 24.7 Å². The lowest BCUT2D eigenvalue weighted by Gasteiger charge is -2.24. The van der Waals surface area contributed by atoms with Crippen molar-refractivity contribution in [3.8, 4) is 0 Å². The second kappa shape index (κ2) is 7.42. The van der Waals surface area contributed by atoms with Crippen LogP contribution in [0, 0.1) is 0 Å². The van der Waals surface area contributed by atoms with Crippen molar-refractivity contribution in [1.29, 1.82) is 0 Å². The lowest BCUT2D eigenvalue weighted by Crippen LogP contribution is -1.97. The Hall–Kier alpha value is -0.600. The third-order valence-electron chi connectivity index (χ3n) is 2.87. The van der Waals surface area contributed by atoms with Crippen LogP contribution in [0.15, 0.2) is 60.7 Å². The highest BCUT2D eigenvalue weighted by Gasteiger charge is 2.22. The molecular weight excluding hydrogens is 303 g/mol. The molecule has 2 aromatic carbocycles. The normalized spacial score (nSPS) is 14.2. The van der Waals surface area contributed by atoms with Crippen LogP contribution in [-0.4, -0.2) is 13.3 Å². The molecule has 0 amide bonds. The van der Waals surface area contributed by atoms with Crippen LogP contribution < -0.4 is 0 Å². The van der Waals surface area contributed by atoms with E-state index in [9.17, 15) is 0 Å². The predicted octanol–water partition coefficient (Wildman–Crippen LogP) is 5.49. The van der Waals surface area contributed by atoms with Gasteiger partial charge in [-0.1, -0.05) is 83.9 Å². The average molecular weight is 322 g/mol. The molecule has 4 heteroatoms. The molecule has 0 N–H and O–H groups in total. The van der Waals surface area contributed by atoms with Crippen molar-refractivity contribution in [3.05, 3.63) is 71.8 Å².